The predicted molar refractivity (Wildman–Crippen MR) is 63.5 cm³/mol. The van der Waals surface area contributed by atoms with Gasteiger partial charge in [-0.05, 0) is 29.8 Å². The number of carboxylic acid groups (broad SMARTS) is 1. The minimum Gasteiger partial charge on any atom is -0.504 e. The number of carboxylic acids is 1. The molecule has 1 aromatic carbocycles. The van der Waals surface area contributed by atoms with E-state index in [0.717, 1.165) is 0 Å². The summed E-state index contributed by atoms with van der Waals surface area (Å²) in [6.07, 6.45) is 0.447. The summed E-state index contributed by atoms with van der Waals surface area (Å²) in [5.74, 6) is -1.06. The molecule has 0 saturated carbocycles. The Balaban J connectivity index is 2.07. The van der Waals surface area contributed by atoms with Gasteiger partial charge in [-0.3, -0.25) is 4.79 Å². The molecule has 0 amide bonds. The van der Waals surface area contributed by atoms with Crippen molar-refractivity contribution in [2.75, 3.05) is 0 Å². The molecule has 0 spiro atoms. The predicted octanol–water partition coefficient (Wildman–Crippen LogP) is 0.616. The molecule has 0 fully saturated rings. The average molecular weight is 264 g/mol. The van der Waals surface area contributed by atoms with Crippen LogP contribution in [-0.2, 0) is 11.3 Å². The first kappa shape index (κ1) is 12.8. The lowest BCUT2D eigenvalue weighted by Gasteiger charge is -1.99. The monoisotopic (exact) mass is 264 g/mol. The second-order valence-corrected chi connectivity index (χ2v) is 3.91. The molecule has 100 valence electrons. The number of aliphatic carboxylic acids is 1. The number of phenols is 2. The fraction of sp³-hybridized carbons (Fsp3) is 0.273. The van der Waals surface area contributed by atoms with Gasteiger partial charge in [-0.2, -0.15) is 4.80 Å². The number of nitrogens with zero attached hydrogens (tertiary/aromatic N) is 4. The molecule has 0 unspecified atom stereocenters. The quantitative estimate of drug-likeness (QED) is 0.676. The summed E-state index contributed by atoms with van der Waals surface area (Å²) in [7, 11) is 0. The van der Waals surface area contributed by atoms with Crippen LogP contribution in [-0.4, -0.2) is 41.5 Å². The van der Waals surface area contributed by atoms with Crippen molar-refractivity contribution in [1.82, 2.24) is 20.2 Å². The zero-order valence-electron chi connectivity index (χ0n) is 9.89. The molecule has 0 radical (unpaired) electrons. The highest BCUT2D eigenvalue weighted by Gasteiger charge is 2.09. The Hall–Kier alpha value is -2.64. The number of aryl methyl sites for hydroxylation is 1. The van der Waals surface area contributed by atoms with Gasteiger partial charge in [-0.15, -0.1) is 10.2 Å². The van der Waals surface area contributed by atoms with Crippen LogP contribution in [0.15, 0.2) is 18.2 Å². The van der Waals surface area contributed by atoms with Crippen molar-refractivity contribution < 1.29 is 20.1 Å². The Bertz CT molecular complexity index is 596. The largest absolute Gasteiger partial charge is 0.504 e. The highest BCUT2D eigenvalue weighted by atomic mass is 16.4. The van der Waals surface area contributed by atoms with E-state index in [9.17, 15) is 15.0 Å². The van der Waals surface area contributed by atoms with E-state index in [1.165, 1.54) is 16.9 Å². The van der Waals surface area contributed by atoms with Gasteiger partial charge in [-0.25, -0.2) is 0 Å². The van der Waals surface area contributed by atoms with Crippen molar-refractivity contribution in [3.8, 4) is 22.9 Å². The Morgan fingerprint density at radius 3 is 2.74 bits per heavy atom. The van der Waals surface area contributed by atoms with Crippen molar-refractivity contribution >= 4 is 5.97 Å². The van der Waals surface area contributed by atoms with Gasteiger partial charge in [0.15, 0.2) is 11.5 Å². The summed E-state index contributed by atoms with van der Waals surface area (Å²) in [6, 6.07) is 4.21. The molecule has 2 aromatic rings. The van der Waals surface area contributed by atoms with E-state index in [1.54, 1.807) is 6.07 Å². The molecule has 0 aliphatic rings. The summed E-state index contributed by atoms with van der Waals surface area (Å²) in [6.45, 7) is 0.351. The van der Waals surface area contributed by atoms with Crippen LogP contribution in [0.4, 0.5) is 0 Å². The first-order valence-corrected chi connectivity index (χ1v) is 5.58. The molecule has 0 aliphatic carbocycles. The first-order valence-electron chi connectivity index (χ1n) is 5.58. The maximum Gasteiger partial charge on any atom is 0.303 e. The SMILES string of the molecule is O=C(O)CCCn1nnc(-c2ccc(O)c(O)c2)n1. The fourth-order valence-corrected chi connectivity index (χ4v) is 1.49. The van der Waals surface area contributed by atoms with Gasteiger partial charge in [0.1, 0.15) is 0 Å². The highest BCUT2D eigenvalue weighted by molar-refractivity contribution is 5.66. The maximum absolute atomic E-state index is 10.4. The van der Waals surface area contributed by atoms with Crippen LogP contribution in [0.25, 0.3) is 11.4 Å². The maximum atomic E-state index is 10.4. The van der Waals surface area contributed by atoms with Gasteiger partial charge in [-0.1, -0.05) is 0 Å². The van der Waals surface area contributed by atoms with E-state index in [-0.39, 0.29) is 17.9 Å². The average Bonchev–Trinajstić information content (AvgIpc) is 2.81. The minimum absolute atomic E-state index is 0.0386. The highest BCUT2D eigenvalue weighted by Crippen LogP contribution is 2.28. The van der Waals surface area contributed by atoms with Crippen LogP contribution < -0.4 is 0 Å². The van der Waals surface area contributed by atoms with Gasteiger partial charge in [0, 0.05) is 12.0 Å². The molecule has 3 N–H and O–H groups in total. The van der Waals surface area contributed by atoms with Crippen LogP contribution in [0, 0.1) is 0 Å². The van der Waals surface area contributed by atoms with Crippen LogP contribution >= 0.6 is 0 Å². The van der Waals surface area contributed by atoms with E-state index in [2.05, 4.69) is 15.4 Å². The van der Waals surface area contributed by atoms with E-state index in [0.29, 0.717) is 24.4 Å². The van der Waals surface area contributed by atoms with Crippen molar-refractivity contribution in [1.29, 1.82) is 0 Å². The summed E-state index contributed by atoms with van der Waals surface area (Å²) < 4.78 is 0. The summed E-state index contributed by atoms with van der Waals surface area (Å²) in [4.78, 5) is 11.7. The third kappa shape index (κ3) is 3.18. The van der Waals surface area contributed by atoms with Gasteiger partial charge in [0.05, 0.1) is 6.54 Å². The Kier molecular flexibility index (Phi) is 3.60. The van der Waals surface area contributed by atoms with E-state index in [4.69, 9.17) is 5.11 Å². The van der Waals surface area contributed by atoms with E-state index < -0.39 is 5.97 Å². The molecule has 1 aromatic heterocycles. The Morgan fingerprint density at radius 2 is 2.05 bits per heavy atom. The normalized spacial score (nSPS) is 10.5. The smallest absolute Gasteiger partial charge is 0.303 e. The lowest BCUT2D eigenvalue weighted by atomic mass is 10.2. The third-order valence-electron chi connectivity index (χ3n) is 2.44. The Labute approximate surface area is 107 Å². The first-order chi connectivity index (χ1) is 9.06. The van der Waals surface area contributed by atoms with Crippen molar-refractivity contribution in [2.45, 2.75) is 19.4 Å². The van der Waals surface area contributed by atoms with E-state index in [1.807, 2.05) is 0 Å². The second kappa shape index (κ2) is 5.34. The summed E-state index contributed by atoms with van der Waals surface area (Å²) in [5.41, 5.74) is 0.514. The van der Waals surface area contributed by atoms with Gasteiger partial charge < -0.3 is 15.3 Å². The third-order valence-corrected chi connectivity index (χ3v) is 2.44. The van der Waals surface area contributed by atoms with Crippen LogP contribution in [0.2, 0.25) is 0 Å². The van der Waals surface area contributed by atoms with Crippen LogP contribution in [0.1, 0.15) is 12.8 Å². The molecular formula is C11H12N4O4. The lowest BCUT2D eigenvalue weighted by Crippen LogP contribution is -2.05. The molecule has 8 nitrogen and oxygen atoms in total. The zero-order chi connectivity index (χ0) is 13.8. The molecule has 0 bridgehead atoms. The van der Waals surface area contributed by atoms with Crippen LogP contribution in [0.5, 0.6) is 11.5 Å². The molecular weight excluding hydrogens is 252 g/mol. The number of tetrazole rings is 1. The topological polar surface area (TPSA) is 121 Å². The number of benzene rings is 1. The second-order valence-electron chi connectivity index (χ2n) is 3.91. The minimum atomic E-state index is -0.871. The number of hydrogen-bond donors (Lipinski definition) is 3. The summed E-state index contributed by atoms with van der Waals surface area (Å²) >= 11 is 0. The molecule has 0 atom stereocenters. The molecule has 2 rings (SSSR count). The molecule has 0 saturated heterocycles. The molecule has 1 heterocycles. The van der Waals surface area contributed by atoms with E-state index >= 15 is 0 Å². The number of rotatable bonds is 5. The van der Waals surface area contributed by atoms with Gasteiger partial charge >= 0.3 is 5.97 Å². The molecule has 0 aliphatic heterocycles. The fourth-order valence-electron chi connectivity index (χ4n) is 1.49. The standard InChI is InChI=1S/C11H12N4O4/c16-8-4-3-7(6-9(8)17)11-12-14-15(13-11)5-1-2-10(18)19/h3-4,6,16-17H,1-2,5H2,(H,18,19). The van der Waals surface area contributed by atoms with Crippen molar-refractivity contribution in [3.63, 3.8) is 0 Å². The van der Waals surface area contributed by atoms with Crippen molar-refractivity contribution in [3.05, 3.63) is 18.2 Å². The zero-order valence-corrected chi connectivity index (χ0v) is 9.89. The van der Waals surface area contributed by atoms with Crippen LogP contribution in [0.3, 0.4) is 0 Å². The molecule has 19 heavy (non-hydrogen) atoms. The Morgan fingerprint density at radius 1 is 1.26 bits per heavy atom. The number of aromatic nitrogens is 4. The number of aromatic hydroxyl groups is 2. The molecule has 8 heteroatoms. The lowest BCUT2D eigenvalue weighted by molar-refractivity contribution is -0.137. The summed E-state index contributed by atoms with van der Waals surface area (Å²) in [5, 5.41) is 38.7. The number of hydrogen-bond acceptors (Lipinski definition) is 6. The number of carbonyl (C=O) groups is 1. The number of phenolic OH excluding ortho intramolecular Hbond substituents is 2. The van der Waals surface area contributed by atoms with Gasteiger partial charge in [0.25, 0.3) is 0 Å². The van der Waals surface area contributed by atoms with Crippen molar-refractivity contribution in [2.24, 2.45) is 0 Å². The van der Waals surface area contributed by atoms with Gasteiger partial charge in [0.2, 0.25) is 5.82 Å².